The van der Waals surface area contributed by atoms with Crippen LogP contribution in [0.15, 0.2) is 0 Å². The summed E-state index contributed by atoms with van der Waals surface area (Å²) >= 11 is 0. The molecule has 0 aliphatic heterocycles. The fourth-order valence-electron chi connectivity index (χ4n) is 1.97. The zero-order chi connectivity index (χ0) is 14.7. The Morgan fingerprint density at radius 2 is 2.05 bits per heavy atom. The first-order valence-electron chi connectivity index (χ1n) is 7.42. The van der Waals surface area contributed by atoms with Gasteiger partial charge in [0.25, 0.3) is 0 Å². The van der Waals surface area contributed by atoms with Gasteiger partial charge in [0.05, 0.1) is 12.7 Å². The Labute approximate surface area is 119 Å². The van der Waals surface area contributed by atoms with Gasteiger partial charge in [0.1, 0.15) is 5.54 Å². The van der Waals surface area contributed by atoms with Crippen LogP contribution in [0.1, 0.15) is 47.0 Å². The average Bonchev–Trinajstić information content (AvgIpc) is 2.44. The van der Waals surface area contributed by atoms with Crippen LogP contribution in [-0.2, 0) is 4.74 Å². The Morgan fingerprint density at radius 1 is 1.37 bits per heavy atom. The van der Waals surface area contributed by atoms with Crippen molar-refractivity contribution in [3.05, 3.63) is 0 Å². The van der Waals surface area contributed by atoms with E-state index < -0.39 is 5.54 Å². The minimum Gasteiger partial charge on any atom is -0.383 e. The molecule has 2 atom stereocenters. The SMILES string of the molecule is CCCNC(C)(C#N)CCN(CCOC)C(C)CC. The van der Waals surface area contributed by atoms with Gasteiger partial charge in [0, 0.05) is 26.2 Å². The molecule has 4 heteroatoms. The number of nitrogens with zero attached hydrogens (tertiary/aromatic N) is 2. The molecule has 2 unspecified atom stereocenters. The van der Waals surface area contributed by atoms with E-state index in [0.29, 0.717) is 6.04 Å². The quantitative estimate of drug-likeness (QED) is 0.626. The van der Waals surface area contributed by atoms with Gasteiger partial charge < -0.3 is 4.74 Å². The van der Waals surface area contributed by atoms with Gasteiger partial charge in [-0.1, -0.05) is 13.8 Å². The van der Waals surface area contributed by atoms with E-state index in [0.717, 1.165) is 45.5 Å². The van der Waals surface area contributed by atoms with E-state index >= 15 is 0 Å². The third-order valence-corrected chi connectivity index (χ3v) is 3.71. The first-order chi connectivity index (χ1) is 9.02. The molecule has 0 spiro atoms. The van der Waals surface area contributed by atoms with Crippen LogP contribution in [0, 0.1) is 11.3 Å². The number of nitriles is 1. The topological polar surface area (TPSA) is 48.3 Å². The fourth-order valence-corrected chi connectivity index (χ4v) is 1.97. The maximum absolute atomic E-state index is 9.34. The lowest BCUT2D eigenvalue weighted by Crippen LogP contribution is -2.46. The molecule has 0 saturated carbocycles. The highest BCUT2D eigenvalue weighted by molar-refractivity contribution is 5.04. The summed E-state index contributed by atoms with van der Waals surface area (Å²) in [4.78, 5) is 2.41. The summed E-state index contributed by atoms with van der Waals surface area (Å²) in [5.41, 5.74) is -0.422. The van der Waals surface area contributed by atoms with Crippen molar-refractivity contribution < 1.29 is 4.74 Å². The molecule has 19 heavy (non-hydrogen) atoms. The van der Waals surface area contributed by atoms with Crippen LogP contribution >= 0.6 is 0 Å². The number of hydrogen-bond acceptors (Lipinski definition) is 4. The molecule has 0 amide bonds. The zero-order valence-corrected chi connectivity index (χ0v) is 13.3. The fraction of sp³-hybridized carbons (Fsp3) is 0.933. The van der Waals surface area contributed by atoms with Crippen LogP contribution in [0.5, 0.6) is 0 Å². The van der Waals surface area contributed by atoms with Gasteiger partial charge in [-0.3, -0.25) is 10.2 Å². The summed E-state index contributed by atoms with van der Waals surface area (Å²) in [5, 5.41) is 12.7. The molecule has 0 aromatic heterocycles. The number of ether oxygens (including phenoxy) is 1. The molecule has 0 aliphatic carbocycles. The van der Waals surface area contributed by atoms with Crippen molar-refractivity contribution in [2.24, 2.45) is 0 Å². The molecule has 0 bridgehead atoms. The highest BCUT2D eigenvalue weighted by Crippen LogP contribution is 2.12. The Balaban J connectivity index is 4.37. The lowest BCUT2D eigenvalue weighted by molar-refractivity contribution is 0.117. The summed E-state index contributed by atoms with van der Waals surface area (Å²) in [6, 6.07) is 2.94. The van der Waals surface area contributed by atoms with Gasteiger partial charge in [-0.15, -0.1) is 0 Å². The minimum absolute atomic E-state index is 0.422. The Hall–Kier alpha value is -0.630. The number of nitrogens with one attached hydrogen (secondary N) is 1. The lowest BCUT2D eigenvalue weighted by Gasteiger charge is -2.31. The first kappa shape index (κ1) is 18.4. The molecule has 0 radical (unpaired) electrons. The first-order valence-corrected chi connectivity index (χ1v) is 7.42. The standard InChI is InChI=1S/C15H31N3O/c1-6-9-17-15(4,13-16)8-10-18(11-12-19-5)14(3)7-2/h14,17H,6-12H2,1-5H3. The summed E-state index contributed by atoms with van der Waals surface area (Å²) in [5.74, 6) is 0. The highest BCUT2D eigenvalue weighted by Gasteiger charge is 2.24. The third kappa shape index (κ3) is 7.51. The van der Waals surface area contributed by atoms with Crippen molar-refractivity contribution in [3.63, 3.8) is 0 Å². The highest BCUT2D eigenvalue weighted by atomic mass is 16.5. The normalized spacial score (nSPS) is 16.1. The van der Waals surface area contributed by atoms with Gasteiger partial charge in [0.15, 0.2) is 0 Å². The molecular formula is C15H31N3O. The minimum atomic E-state index is -0.422. The summed E-state index contributed by atoms with van der Waals surface area (Å²) < 4.78 is 5.17. The maximum Gasteiger partial charge on any atom is 0.105 e. The van der Waals surface area contributed by atoms with Crippen LogP contribution in [0.25, 0.3) is 0 Å². The second kappa shape index (κ2) is 10.2. The van der Waals surface area contributed by atoms with E-state index in [1.807, 2.05) is 6.92 Å². The van der Waals surface area contributed by atoms with E-state index in [1.165, 1.54) is 0 Å². The predicted molar refractivity (Wildman–Crippen MR) is 80.1 cm³/mol. The van der Waals surface area contributed by atoms with Crippen molar-refractivity contribution in [1.29, 1.82) is 5.26 Å². The molecule has 0 heterocycles. The van der Waals surface area contributed by atoms with Crippen molar-refractivity contribution in [3.8, 4) is 6.07 Å². The van der Waals surface area contributed by atoms with Gasteiger partial charge in [-0.2, -0.15) is 5.26 Å². The van der Waals surface area contributed by atoms with Crippen LogP contribution in [-0.4, -0.2) is 49.8 Å². The van der Waals surface area contributed by atoms with Crippen molar-refractivity contribution >= 4 is 0 Å². The molecule has 1 N–H and O–H groups in total. The predicted octanol–water partition coefficient (Wildman–Crippen LogP) is 2.41. The van der Waals surface area contributed by atoms with Crippen molar-refractivity contribution in [2.75, 3.05) is 33.4 Å². The number of hydrogen-bond donors (Lipinski definition) is 1. The van der Waals surface area contributed by atoms with Gasteiger partial charge in [0.2, 0.25) is 0 Å². The van der Waals surface area contributed by atoms with Crippen LogP contribution in [0.2, 0.25) is 0 Å². The summed E-state index contributed by atoms with van der Waals surface area (Å²) in [7, 11) is 1.73. The molecule has 0 saturated heterocycles. The Kier molecular flexibility index (Phi) is 9.85. The van der Waals surface area contributed by atoms with E-state index in [9.17, 15) is 5.26 Å². The van der Waals surface area contributed by atoms with E-state index in [1.54, 1.807) is 7.11 Å². The van der Waals surface area contributed by atoms with Crippen molar-refractivity contribution in [1.82, 2.24) is 10.2 Å². The zero-order valence-electron chi connectivity index (χ0n) is 13.3. The molecule has 112 valence electrons. The second-order valence-electron chi connectivity index (χ2n) is 5.41. The number of methoxy groups -OCH3 is 1. The number of rotatable bonds is 11. The largest absolute Gasteiger partial charge is 0.383 e. The lowest BCUT2D eigenvalue weighted by atomic mass is 9.98. The molecule has 0 fully saturated rings. The van der Waals surface area contributed by atoms with E-state index in [2.05, 4.69) is 37.1 Å². The molecule has 0 aromatic carbocycles. The maximum atomic E-state index is 9.34. The van der Waals surface area contributed by atoms with Crippen LogP contribution in [0.3, 0.4) is 0 Å². The Bertz CT molecular complexity index is 265. The molecule has 0 aliphatic rings. The molecule has 0 rings (SSSR count). The molecule has 0 aromatic rings. The van der Waals surface area contributed by atoms with Crippen molar-refractivity contribution in [2.45, 2.75) is 58.5 Å². The summed E-state index contributed by atoms with van der Waals surface area (Å²) in [6.45, 7) is 12.0. The van der Waals surface area contributed by atoms with Gasteiger partial charge in [-0.05, 0) is 39.7 Å². The smallest absolute Gasteiger partial charge is 0.105 e. The van der Waals surface area contributed by atoms with E-state index in [-0.39, 0.29) is 0 Å². The van der Waals surface area contributed by atoms with Gasteiger partial charge in [-0.25, -0.2) is 0 Å². The van der Waals surface area contributed by atoms with Crippen LogP contribution < -0.4 is 5.32 Å². The summed E-state index contributed by atoms with van der Waals surface area (Å²) in [6.07, 6.45) is 3.02. The van der Waals surface area contributed by atoms with Crippen LogP contribution in [0.4, 0.5) is 0 Å². The average molecular weight is 269 g/mol. The molecular weight excluding hydrogens is 238 g/mol. The van der Waals surface area contributed by atoms with Gasteiger partial charge >= 0.3 is 0 Å². The molecule has 4 nitrogen and oxygen atoms in total. The second-order valence-corrected chi connectivity index (χ2v) is 5.41. The Morgan fingerprint density at radius 3 is 2.53 bits per heavy atom. The van der Waals surface area contributed by atoms with E-state index in [4.69, 9.17) is 4.74 Å². The monoisotopic (exact) mass is 269 g/mol. The third-order valence-electron chi connectivity index (χ3n) is 3.71.